The molecule has 148 valence electrons. The van der Waals surface area contributed by atoms with Crippen LogP contribution in [0.25, 0.3) is 0 Å². The van der Waals surface area contributed by atoms with Gasteiger partial charge >= 0.3 is 0 Å². The summed E-state index contributed by atoms with van der Waals surface area (Å²) >= 11 is 0. The predicted molar refractivity (Wildman–Crippen MR) is 97.2 cm³/mol. The van der Waals surface area contributed by atoms with Crippen LogP contribution in [0.5, 0.6) is 0 Å². The van der Waals surface area contributed by atoms with Gasteiger partial charge in [-0.25, -0.2) is 5.84 Å². The van der Waals surface area contributed by atoms with Crippen LogP contribution in [0.2, 0.25) is 0 Å². The number of ether oxygens (including phenoxy) is 2. The molecule has 1 fully saturated rings. The topological polar surface area (TPSA) is 123 Å². The highest BCUT2D eigenvalue weighted by molar-refractivity contribution is 5.98. The third-order valence-electron chi connectivity index (χ3n) is 4.57. The number of hydrazine groups is 1. The number of rotatable bonds is 7. The first-order chi connectivity index (χ1) is 12.9. The molecule has 27 heavy (non-hydrogen) atoms. The molecule has 0 saturated carbocycles. The summed E-state index contributed by atoms with van der Waals surface area (Å²) < 4.78 is 10.4. The van der Waals surface area contributed by atoms with E-state index in [1.165, 1.54) is 26.0 Å². The van der Waals surface area contributed by atoms with E-state index in [-0.39, 0.29) is 11.8 Å². The number of methoxy groups -OCH3 is 2. The number of carbonyl (C=O) groups is 3. The Morgan fingerprint density at radius 1 is 1.19 bits per heavy atom. The van der Waals surface area contributed by atoms with E-state index in [9.17, 15) is 14.4 Å². The van der Waals surface area contributed by atoms with Gasteiger partial charge in [0.25, 0.3) is 11.8 Å². The van der Waals surface area contributed by atoms with Crippen molar-refractivity contribution in [2.75, 3.05) is 20.8 Å². The SMILES string of the molecule is COC(OC)c1ccc(C(=O)N2CCC[C@H]2C(=O)N[C@@H](C)C(=O)NN)cc1. The standard InChI is InChI=1S/C18H26N4O5/c1-11(15(23)21-19)20-16(24)14-5-4-10-22(14)17(25)12-6-8-13(9-7-12)18(26-2)27-3/h6-9,11,14,18H,4-5,10,19H2,1-3H3,(H,20,24)(H,21,23)/t11-,14-/m0/s1. The third-order valence-corrected chi connectivity index (χ3v) is 4.57. The fourth-order valence-corrected chi connectivity index (χ4v) is 3.10. The van der Waals surface area contributed by atoms with Crippen molar-refractivity contribution >= 4 is 17.7 Å². The quantitative estimate of drug-likeness (QED) is 0.267. The number of hydrogen-bond donors (Lipinski definition) is 3. The van der Waals surface area contributed by atoms with Crippen molar-refractivity contribution < 1.29 is 23.9 Å². The minimum absolute atomic E-state index is 0.235. The molecule has 0 unspecified atom stereocenters. The summed E-state index contributed by atoms with van der Waals surface area (Å²) in [5.74, 6) is 3.97. The number of hydrogen-bond acceptors (Lipinski definition) is 6. The molecule has 1 heterocycles. The smallest absolute Gasteiger partial charge is 0.256 e. The van der Waals surface area contributed by atoms with Gasteiger partial charge in [0, 0.05) is 31.9 Å². The van der Waals surface area contributed by atoms with Crippen LogP contribution in [-0.4, -0.2) is 55.5 Å². The summed E-state index contributed by atoms with van der Waals surface area (Å²) in [4.78, 5) is 38.3. The lowest BCUT2D eigenvalue weighted by molar-refractivity contribution is -0.130. The molecule has 1 aromatic carbocycles. The minimum Gasteiger partial charge on any atom is -0.352 e. The Kier molecular flexibility index (Phi) is 7.28. The number of carbonyl (C=O) groups excluding carboxylic acids is 3. The van der Waals surface area contributed by atoms with E-state index in [0.29, 0.717) is 18.5 Å². The second-order valence-corrected chi connectivity index (χ2v) is 6.32. The summed E-state index contributed by atoms with van der Waals surface area (Å²) in [7, 11) is 3.07. The van der Waals surface area contributed by atoms with Crippen LogP contribution in [0.4, 0.5) is 0 Å². The zero-order valence-electron chi connectivity index (χ0n) is 15.7. The van der Waals surface area contributed by atoms with Crippen molar-refractivity contribution in [3.63, 3.8) is 0 Å². The Morgan fingerprint density at radius 2 is 1.81 bits per heavy atom. The highest BCUT2D eigenvalue weighted by atomic mass is 16.7. The molecule has 2 rings (SSSR count). The molecular weight excluding hydrogens is 352 g/mol. The molecule has 0 spiro atoms. The van der Waals surface area contributed by atoms with Crippen LogP contribution in [0.3, 0.4) is 0 Å². The van der Waals surface area contributed by atoms with Crippen LogP contribution in [0, 0.1) is 0 Å². The number of amides is 3. The molecule has 2 atom stereocenters. The molecule has 9 heteroatoms. The van der Waals surface area contributed by atoms with Crippen molar-refractivity contribution in [3.8, 4) is 0 Å². The average Bonchev–Trinajstić information content (AvgIpc) is 3.18. The molecule has 1 aliphatic rings. The van der Waals surface area contributed by atoms with E-state index in [4.69, 9.17) is 15.3 Å². The molecule has 1 aliphatic heterocycles. The first-order valence-corrected chi connectivity index (χ1v) is 8.70. The summed E-state index contributed by atoms with van der Waals surface area (Å²) in [6.07, 6.45) is 0.756. The lowest BCUT2D eigenvalue weighted by atomic mass is 10.1. The predicted octanol–water partition coefficient (Wildman–Crippen LogP) is 0.0772. The fraction of sp³-hybridized carbons (Fsp3) is 0.500. The summed E-state index contributed by atoms with van der Waals surface area (Å²) in [5.41, 5.74) is 3.25. The summed E-state index contributed by atoms with van der Waals surface area (Å²) in [5, 5.41) is 2.59. The van der Waals surface area contributed by atoms with Gasteiger partial charge in [-0.3, -0.25) is 19.8 Å². The van der Waals surface area contributed by atoms with E-state index in [1.807, 2.05) is 5.43 Å². The normalized spacial score (nSPS) is 17.7. The second-order valence-electron chi connectivity index (χ2n) is 6.32. The molecule has 0 bridgehead atoms. The number of likely N-dealkylation sites (tertiary alicyclic amines) is 1. The maximum atomic E-state index is 12.8. The van der Waals surface area contributed by atoms with Gasteiger partial charge in [0.1, 0.15) is 12.1 Å². The third kappa shape index (κ3) is 4.82. The van der Waals surface area contributed by atoms with Crippen LogP contribution in [-0.2, 0) is 19.1 Å². The van der Waals surface area contributed by atoms with Crippen LogP contribution < -0.4 is 16.6 Å². The first kappa shape index (κ1) is 20.8. The Hall–Kier alpha value is -2.49. The number of nitrogens with two attached hydrogens (primary N) is 1. The van der Waals surface area contributed by atoms with Crippen LogP contribution >= 0.6 is 0 Å². The van der Waals surface area contributed by atoms with Gasteiger partial charge in [-0.2, -0.15) is 0 Å². The molecule has 0 radical (unpaired) electrons. The van der Waals surface area contributed by atoms with E-state index in [0.717, 1.165) is 12.0 Å². The highest BCUT2D eigenvalue weighted by Crippen LogP contribution is 2.22. The van der Waals surface area contributed by atoms with E-state index in [1.54, 1.807) is 24.3 Å². The molecular formula is C18H26N4O5. The van der Waals surface area contributed by atoms with Gasteiger partial charge in [0.05, 0.1) is 0 Å². The maximum Gasteiger partial charge on any atom is 0.256 e. The summed E-state index contributed by atoms with van der Waals surface area (Å²) in [6.45, 7) is 2.01. The molecule has 1 saturated heterocycles. The Labute approximate surface area is 158 Å². The van der Waals surface area contributed by atoms with Gasteiger partial charge in [0.15, 0.2) is 6.29 Å². The molecule has 4 N–H and O–H groups in total. The zero-order valence-corrected chi connectivity index (χ0v) is 15.7. The minimum atomic E-state index is -0.778. The van der Waals surface area contributed by atoms with Gasteiger partial charge in [-0.15, -0.1) is 0 Å². The fourth-order valence-electron chi connectivity index (χ4n) is 3.10. The second kappa shape index (κ2) is 9.45. The van der Waals surface area contributed by atoms with Crippen molar-refractivity contribution in [1.29, 1.82) is 0 Å². The number of nitrogens with one attached hydrogen (secondary N) is 2. The first-order valence-electron chi connectivity index (χ1n) is 8.70. The Bertz CT molecular complexity index is 675. The largest absolute Gasteiger partial charge is 0.352 e. The maximum absolute atomic E-state index is 12.8. The lowest BCUT2D eigenvalue weighted by Crippen LogP contribution is -2.53. The average molecular weight is 378 g/mol. The van der Waals surface area contributed by atoms with Crippen LogP contribution in [0.15, 0.2) is 24.3 Å². The number of nitrogens with zero attached hydrogens (tertiary/aromatic N) is 1. The monoisotopic (exact) mass is 378 g/mol. The van der Waals surface area contributed by atoms with Gasteiger partial charge in [-0.05, 0) is 31.9 Å². The Balaban J connectivity index is 2.08. The van der Waals surface area contributed by atoms with Crippen LogP contribution in [0.1, 0.15) is 42.0 Å². The van der Waals surface area contributed by atoms with E-state index >= 15 is 0 Å². The highest BCUT2D eigenvalue weighted by Gasteiger charge is 2.35. The van der Waals surface area contributed by atoms with Crippen molar-refractivity contribution in [2.24, 2.45) is 5.84 Å². The molecule has 0 aliphatic carbocycles. The van der Waals surface area contributed by atoms with E-state index < -0.39 is 24.3 Å². The van der Waals surface area contributed by atoms with Gasteiger partial charge < -0.3 is 19.7 Å². The number of benzene rings is 1. The molecule has 1 aromatic rings. The molecule has 9 nitrogen and oxygen atoms in total. The van der Waals surface area contributed by atoms with Crippen molar-refractivity contribution in [3.05, 3.63) is 35.4 Å². The van der Waals surface area contributed by atoms with E-state index in [2.05, 4.69) is 5.32 Å². The zero-order chi connectivity index (χ0) is 20.0. The lowest BCUT2D eigenvalue weighted by Gasteiger charge is -2.25. The van der Waals surface area contributed by atoms with Crippen molar-refractivity contribution in [1.82, 2.24) is 15.6 Å². The van der Waals surface area contributed by atoms with Gasteiger partial charge in [0.2, 0.25) is 5.91 Å². The summed E-state index contributed by atoms with van der Waals surface area (Å²) in [6, 6.07) is 5.48. The Morgan fingerprint density at radius 3 is 2.37 bits per heavy atom. The molecule has 3 amide bonds. The van der Waals surface area contributed by atoms with Crippen molar-refractivity contribution in [2.45, 2.75) is 38.1 Å². The molecule has 0 aromatic heterocycles. The van der Waals surface area contributed by atoms with Gasteiger partial charge in [-0.1, -0.05) is 12.1 Å².